The molecule has 0 unspecified atom stereocenters. The Kier molecular flexibility index (Phi) is 2.85. The Hall–Kier alpha value is -1.63. The summed E-state index contributed by atoms with van der Waals surface area (Å²) in [6.07, 6.45) is 0. The van der Waals surface area contributed by atoms with Gasteiger partial charge in [-0.1, -0.05) is 0 Å². The van der Waals surface area contributed by atoms with Gasteiger partial charge in [0, 0.05) is 0 Å². The molecule has 7 heteroatoms. The molecule has 0 rings (SSSR count). The molecule has 0 aliphatic heterocycles. The fraction of sp³-hybridized carbons (Fsp3) is 0. The maximum atomic E-state index is 10.2. The summed E-state index contributed by atoms with van der Waals surface area (Å²) in [4.78, 5) is 30.3. The lowest BCUT2D eigenvalue weighted by Gasteiger charge is -1.97. The van der Waals surface area contributed by atoms with Crippen LogP contribution in [0.4, 0.5) is 4.79 Å². The maximum Gasteiger partial charge on any atom is 0.335 e. The highest BCUT2D eigenvalue weighted by Gasteiger charge is 2.10. The third kappa shape index (κ3) is 2.62. The molecule has 0 aromatic rings. The SMILES string of the molecule is NNC(=O)NC(=O)C(N)=O. The molecule has 0 saturated carbocycles. The first-order valence-electron chi connectivity index (χ1n) is 2.19. The second kappa shape index (κ2) is 3.41. The van der Waals surface area contributed by atoms with Crippen molar-refractivity contribution in [3.8, 4) is 0 Å². The van der Waals surface area contributed by atoms with E-state index in [2.05, 4.69) is 11.6 Å². The number of hydrogen-bond donors (Lipinski definition) is 4. The zero-order chi connectivity index (χ0) is 8.15. The Morgan fingerprint density at radius 1 is 1.20 bits per heavy atom. The zero-order valence-corrected chi connectivity index (χ0v) is 4.88. The smallest absolute Gasteiger partial charge is 0.335 e. The Labute approximate surface area is 55.7 Å². The van der Waals surface area contributed by atoms with Gasteiger partial charge in [-0.15, -0.1) is 0 Å². The number of nitrogens with one attached hydrogen (secondary N) is 2. The molecule has 0 spiro atoms. The van der Waals surface area contributed by atoms with E-state index in [9.17, 15) is 14.4 Å². The van der Waals surface area contributed by atoms with Crippen LogP contribution in [0.3, 0.4) is 0 Å². The van der Waals surface area contributed by atoms with Crippen LogP contribution in [0.15, 0.2) is 0 Å². The minimum atomic E-state index is -1.25. The molecule has 0 aromatic carbocycles. The van der Waals surface area contributed by atoms with Crippen LogP contribution < -0.4 is 22.3 Å². The van der Waals surface area contributed by atoms with E-state index < -0.39 is 17.8 Å². The quantitative estimate of drug-likeness (QED) is 0.127. The van der Waals surface area contributed by atoms with Crippen LogP contribution in [-0.2, 0) is 9.59 Å². The summed E-state index contributed by atoms with van der Waals surface area (Å²) in [7, 11) is 0. The van der Waals surface area contributed by atoms with Crippen molar-refractivity contribution in [3.63, 3.8) is 0 Å². The van der Waals surface area contributed by atoms with Gasteiger partial charge in [-0.2, -0.15) is 0 Å². The summed E-state index contributed by atoms with van der Waals surface area (Å²) in [5, 5.41) is 1.54. The highest BCUT2D eigenvalue weighted by Crippen LogP contribution is 1.62. The second-order valence-electron chi connectivity index (χ2n) is 1.29. The predicted octanol–water partition coefficient (Wildman–Crippen LogP) is -2.83. The molecule has 0 heterocycles. The Morgan fingerprint density at radius 3 is 2.00 bits per heavy atom. The Morgan fingerprint density at radius 2 is 1.70 bits per heavy atom. The van der Waals surface area contributed by atoms with Gasteiger partial charge in [-0.25, -0.2) is 10.6 Å². The van der Waals surface area contributed by atoms with Crippen LogP contribution >= 0.6 is 0 Å². The van der Waals surface area contributed by atoms with Gasteiger partial charge < -0.3 is 5.73 Å². The van der Waals surface area contributed by atoms with E-state index in [0.29, 0.717) is 0 Å². The molecule has 7 nitrogen and oxygen atoms in total. The molecule has 6 N–H and O–H groups in total. The monoisotopic (exact) mass is 146 g/mol. The van der Waals surface area contributed by atoms with Gasteiger partial charge in [-0.3, -0.25) is 20.3 Å². The van der Waals surface area contributed by atoms with Crippen LogP contribution in [0.25, 0.3) is 0 Å². The average Bonchev–Trinajstić information content (AvgIpc) is 1.87. The number of imide groups is 1. The molecule has 0 aromatic heterocycles. The lowest BCUT2D eigenvalue weighted by molar-refractivity contribution is -0.136. The highest BCUT2D eigenvalue weighted by molar-refractivity contribution is 6.37. The van der Waals surface area contributed by atoms with E-state index in [1.165, 1.54) is 0 Å². The molecule has 0 bridgehead atoms. The van der Waals surface area contributed by atoms with Gasteiger partial charge in [0.15, 0.2) is 0 Å². The number of carbonyl (C=O) groups excluding carboxylic acids is 3. The number of nitrogens with two attached hydrogens (primary N) is 2. The normalized spacial score (nSPS) is 8.10. The standard InChI is InChI=1S/C3H6N4O3/c4-1(8)2(9)6-3(10)7-5/h5H2,(H2,4,8)(H2,6,7,9,10). The van der Waals surface area contributed by atoms with E-state index >= 15 is 0 Å². The summed E-state index contributed by atoms with van der Waals surface area (Å²) >= 11 is 0. The van der Waals surface area contributed by atoms with Crippen LogP contribution in [0.2, 0.25) is 0 Å². The molecule has 56 valence electrons. The molecular formula is C3H6N4O3. The molecule has 0 fully saturated rings. The van der Waals surface area contributed by atoms with Gasteiger partial charge in [0.1, 0.15) is 0 Å². The van der Waals surface area contributed by atoms with E-state index in [0.717, 1.165) is 0 Å². The second-order valence-corrected chi connectivity index (χ2v) is 1.29. The van der Waals surface area contributed by atoms with E-state index in [4.69, 9.17) is 0 Å². The molecule has 10 heavy (non-hydrogen) atoms. The lowest BCUT2D eigenvalue weighted by Crippen LogP contribution is -2.47. The predicted molar refractivity (Wildman–Crippen MR) is 30.1 cm³/mol. The fourth-order valence-corrected chi connectivity index (χ4v) is 0.201. The average molecular weight is 146 g/mol. The number of carbonyl (C=O) groups is 3. The topological polar surface area (TPSA) is 127 Å². The largest absolute Gasteiger partial charge is 0.361 e. The Bertz CT molecular complexity index is 177. The molecular weight excluding hydrogens is 140 g/mol. The van der Waals surface area contributed by atoms with Crippen LogP contribution in [-0.4, -0.2) is 17.8 Å². The van der Waals surface area contributed by atoms with Gasteiger partial charge in [-0.05, 0) is 0 Å². The third-order valence-electron chi connectivity index (χ3n) is 0.582. The molecule has 0 aliphatic carbocycles. The molecule has 0 saturated heterocycles. The number of primary amides is 1. The van der Waals surface area contributed by atoms with Crippen LogP contribution in [0.5, 0.6) is 0 Å². The summed E-state index contributed by atoms with van der Waals surface area (Å²) in [5.41, 5.74) is 6.04. The Balaban J connectivity index is 3.80. The van der Waals surface area contributed by atoms with Crippen molar-refractivity contribution >= 4 is 17.8 Å². The summed E-state index contributed by atoms with van der Waals surface area (Å²) in [6.45, 7) is 0. The first-order valence-corrected chi connectivity index (χ1v) is 2.19. The van der Waals surface area contributed by atoms with E-state index in [1.807, 2.05) is 0 Å². The number of hydrazine groups is 1. The number of amides is 4. The molecule has 0 atom stereocenters. The van der Waals surface area contributed by atoms with Crippen molar-refractivity contribution in [2.24, 2.45) is 11.6 Å². The first-order chi connectivity index (χ1) is 4.57. The van der Waals surface area contributed by atoms with Crippen molar-refractivity contribution in [2.45, 2.75) is 0 Å². The summed E-state index contributed by atoms with van der Waals surface area (Å²) in [6, 6.07) is -0.983. The maximum absolute atomic E-state index is 10.2. The minimum Gasteiger partial charge on any atom is -0.361 e. The molecule has 4 amide bonds. The number of hydrogen-bond acceptors (Lipinski definition) is 4. The summed E-state index contributed by atoms with van der Waals surface area (Å²) in [5.74, 6) is 2.10. The van der Waals surface area contributed by atoms with E-state index in [-0.39, 0.29) is 0 Å². The van der Waals surface area contributed by atoms with Crippen molar-refractivity contribution < 1.29 is 14.4 Å². The van der Waals surface area contributed by atoms with Crippen LogP contribution in [0, 0.1) is 0 Å². The highest BCUT2D eigenvalue weighted by atomic mass is 16.2. The fourth-order valence-electron chi connectivity index (χ4n) is 0.201. The van der Waals surface area contributed by atoms with Gasteiger partial charge in [0.05, 0.1) is 0 Å². The number of rotatable bonds is 0. The van der Waals surface area contributed by atoms with Gasteiger partial charge in [0.2, 0.25) is 0 Å². The van der Waals surface area contributed by atoms with Gasteiger partial charge in [0.25, 0.3) is 0 Å². The van der Waals surface area contributed by atoms with Crippen LogP contribution in [0.1, 0.15) is 0 Å². The third-order valence-corrected chi connectivity index (χ3v) is 0.582. The van der Waals surface area contributed by atoms with Crippen molar-refractivity contribution in [1.82, 2.24) is 10.7 Å². The van der Waals surface area contributed by atoms with Crippen molar-refractivity contribution in [2.75, 3.05) is 0 Å². The molecule has 0 radical (unpaired) electrons. The number of urea groups is 1. The lowest BCUT2D eigenvalue weighted by atomic mass is 10.6. The first kappa shape index (κ1) is 8.37. The summed E-state index contributed by atoms with van der Waals surface area (Å²) < 4.78 is 0. The minimum absolute atomic E-state index is 0.983. The van der Waals surface area contributed by atoms with Crippen molar-refractivity contribution in [3.05, 3.63) is 0 Å². The van der Waals surface area contributed by atoms with Crippen molar-refractivity contribution in [1.29, 1.82) is 0 Å². The molecule has 0 aliphatic rings. The van der Waals surface area contributed by atoms with Gasteiger partial charge >= 0.3 is 17.8 Å². The van der Waals surface area contributed by atoms with E-state index in [1.54, 1.807) is 10.7 Å². The zero-order valence-electron chi connectivity index (χ0n) is 4.88.